The predicted molar refractivity (Wildman–Crippen MR) is 98.4 cm³/mol. The normalized spacial score (nSPS) is 25.3. The first-order valence-electron chi connectivity index (χ1n) is 9.26. The molecule has 0 bridgehead atoms. The van der Waals surface area contributed by atoms with Gasteiger partial charge in [-0.3, -0.25) is 4.57 Å². The summed E-state index contributed by atoms with van der Waals surface area (Å²) >= 11 is 0. The summed E-state index contributed by atoms with van der Waals surface area (Å²) in [4.78, 5) is 55.6. The molecule has 2 aliphatic heterocycles. The van der Waals surface area contributed by atoms with E-state index in [0.717, 1.165) is 11.7 Å². The molecule has 0 spiro atoms. The molecule has 2 fully saturated rings. The fourth-order valence-corrected chi connectivity index (χ4v) is 2.90. The molecule has 0 radical (unpaired) electrons. The maximum absolute atomic E-state index is 12.5. The van der Waals surface area contributed by atoms with Crippen LogP contribution in [0.1, 0.15) is 20.1 Å². The number of nitrogens with one attached hydrogen (secondary N) is 1. The highest BCUT2D eigenvalue weighted by atomic mass is 16.8. The fraction of sp³-hybridized carbons (Fsp3) is 0.588. The van der Waals surface area contributed by atoms with Crippen LogP contribution >= 0.6 is 0 Å². The zero-order valence-corrected chi connectivity index (χ0v) is 16.9. The van der Waals surface area contributed by atoms with Crippen LogP contribution in [-0.2, 0) is 33.3 Å². The van der Waals surface area contributed by atoms with Crippen molar-refractivity contribution in [1.82, 2.24) is 9.55 Å². The van der Waals surface area contributed by atoms with E-state index in [0.29, 0.717) is 0 Å². The number of carbonyl (C=O) groups excluding carboxylic acids is 3. The number of nitrogens with two attached hydrogens (primary N) is 1. The minimum absolute atomic E-state index is 0.0506. The summed E-state index contributed by atoms with van der Waals surface area (Å²) in [6.07, 6.45) is -4.47. The van der Waals surface area contributed by atoms with E-state index in [1.165, 1.54) is 12.3 Å². The van der Waals surface area contributed by atoms with Gasteiger partial charge in [-0.1, -0.05) is 13.8 Å². The number of nitrogens with zero attached hydrogens (tertiary/aromatic N) is 2. The van der Waals surface area contributed by atoms with E-state index in [2.05, 4.69) is 15.2 Å². The molecule has 0 saturated carbocycles. The number of rotatable bonds is 7. The van der Waals surface area contributed by atoms with Crippen molar-refractivity contribution in [1.29, 1.82) is 0 Å². The number of hydrogen-bond acceptors (Lipinski definition) is 13. The average Bonchev–Trinajstić information content (AvgIpc) is 3.27. The molecular formula is C17H22N4O10. The Labute approximate surface area is 175 Å². The molecule has 170 valence electrons. The zero-order valence-electron chi connectivity index (χ0n) is 16.9. The van der Waals surface area contributed by atoms with Gasteiger partial charge in [0.15, 0.2) is 24.3 Å². The van der Waals surface area contributed by atoms with Gasteiger partial charge >= 0.3 is 24.0 Å². The van der Waals surface area contributed by atoms with Gasteiger partial charge in [0.25, 0.3) is 0 Å². The number of fused-ring (bicyclic) bond motifs is 1. The van der Waals surface area contributed by atoms with E-state index in [1.54, 1.807) is 13.8 Å². The molecule has 1 aromatic heterocycles. The monoisotopic (exact) mass is 442 g/mol. The van der Waals surface area contributed by atoms with Crippen LogP contribution in [0.3, 0.4) is 0 Å². The minimum Gasteiger partial charge on any atom is -0.438 e. The van der Waals surface area contributed by atoms with Gasteiger partial charge in [-0.15, -0.1) is 0 Å². The molecule has 2 saturated heterocycles. The van der Waals surface area contributed by atoms with Crippen LogP contribution in [0, 0.1) is 5.92 Å². The number of carbonyl (C=O) groups is 3. The first kappa shape index (κ1) is 22.3. The standard InChI is InChI=1S/C17H22N4O10/c1-7(2)10(18)14(22)31-20-9-4-5-21(15(23)19-9)13-12-11(29-17(25)30-12)8(28-13)6-27-16(24)26-3/h4-5,7-8,10-13H,6,18H2,1-3H3,(H,19,20,23)/t8-,10-,11-,12-,13-/m1/s1. The fourth-order valence-electron chi connectivity index (χ4n) is 2.90. The highest BCUT2D eigenvalue weighted by Gasteiger charge is 2.55. The Balaban J connectivity index is 1.70. The summed E-state index contributed by atoms with van der Waals surface area (Å²) in [5.74, 6) is -0.910. The second kappa shape index (κ2) is 9.18. The SMILES string of the molecule is COC(=O)OC[C@H]1O[C@@H](n2ccc(NOC(=O)[C@H](N)C(C)C)nc2=O)[C@@H]2OC(=O)O[C@@H]21. The van der Waals surface area contributed by atoms with E-state index < -0.39 is 54.6 Å². The molecule has 14 heteroatoms. The van der Waals surface area contributed by atoms with Crippen molar-refractivity contribution < 1.29 is 42.9 Å². The quantitative estimate of drug-likeness (QED) is 0.319. The molecule has 0 amide bonds. The Kier molecular flexibility index (Phi) is 6.60. The Hall–Kier alpha value is -3.39. The van der Waals surface area contributed by atoms with Gasteiger partial charge in [0.2, 0.25) is 0 Å². The highest BCUT2D eigenvalue weighted by molar-refractivity contribution is 5.76. The zero-order chi connectivity index (χ0) is 22.7. The van der Waals surface area contributed by atoms with Crippen molar-refractivity contribution >= 4 is 24.1 Å². The van der Waals surface area contributed by atoms with Crippen LogP contribution in [0.5, 0.6) is 0 Å². The maximum Gasteiger partial charge on any atom is 0.509 e. The Morgan fingerprint density at radius 3 is 2.65 bits per heavy atom. The Morgan fingerprint density at radius 2 is 2.00 bits per heavy atom. The number of aromatic nitrogens is 2. The topological polar surface area (TPSA) is 180 Å². The second-order valence-corrected chi connectivity index (χ2v) is 7.04. The van der Waals surface area contributed by atoms with Gasteiger partial charge in [0.1, 0.15) is 18.8 Å². The van der Waals surface area contributed by atoms with Crippen molar-refractivity contribution in [3.8, 4) is 0 Å². The molecule has 5 atom stereocenters. The van der Waals surface area contributed by atoms with E-state index in [1.807, 2.05) is 0 Å². The summed E-state index contributed by atoms with van der Waals surface area (Å²) in [7, 11) is 1.14. The maximum atomic E-state index is 12.5. The summed E-state index contributed by atoms with van der Waals surface area (Å²) in [5, 5.41) is 0. The number of ether oxygens (including phenoxy) is 5. The van der Waals surface area contributed by atoms with Crippen molar-refractivity contribution in [2.24, 2.45) is 11.7 Å². The molecule has 14 nitrogen and oxygen atoms in total. The van der Waals surface area contributed by atoms with E-state index in [-0.39, 0.29) is 18.3 Å². The van der Waals surface area contributed by atoms with Gasteiger partial charge in [-0.05, 0) is 5.92 Å². The molecule has 3 rings (SSSR count). The smallest absolute Gasteiger partial charge is 0.438 e. The van der Waals surface area contributed by atoms with Gasteiger partial charge < -0.3 is 34.3 Å². The molecule has 0 aliphatic carbocycles. The first-order chi connectivity index (χ1) is 14.7. The van der Waals surface area contributed by atoms with Crippen molar-refractivity contribution in [2.75, 3.05) is 19.2 Å². The van der Waals surface area contributed by atoms with Crippen LogP contribution in [0.25, 0.3) is 0 Å². The largest absolute Gasteiger partial charge is 0.509 e. The molecular weight excluding hydrogens is 420 g/mol. The van der Waals surface area contributed by atoms with E-state index in [9.17, 15) is 19.2 Å². The molecule has 31 heavy (non-hydrogen) atoms. The molecule has 2 aliphatic rings. The van der Waals surface area contributed by atoms with Gasteiger partial charge in [0, 0.05) is 12.3 Å². The predicted octanol–water partition coefficient (Wildman–Crippen LogP) is -0.319. The average molecular weight is 442 g/mol. The molecule has 0 unspecified atom stereocenters. The van der Waals surface area contributed by atoms with Gasteiger partial charge in [-0.25, -0.2) is 24.7 Å². The minimum atomic E-state index is -1.09. The molecule has 0 aromatic carbocycles. The Morgan fingerprint density at radius 1 is 1.29 bits per heavy atom. The highest BCUT2D eigenvalue weighted by Crippen LogP contribution is 2.37. The van der Waals surface area contributed by atoms with E-state index >= 15 is 0 Å². The van der Waals surface area contributed by atoms with Crippen LogP contribution in [0.2, 0.25) is 0 Å². The second-order valence-electron chi connectivity index (χ2n) is 7.04. The van der Waals surface area contributed by atoms with Crippen LogP contribution in [-0.4, -0.2) is 65.9 Å². The number of anilines is 1. The van der Waals surface area contributed by atoms with Crippen LogP contribution in [0.4, 0.5) is 15.4 Å². The van der Waals surface area contributed by atoms with Gasteiger partial charge in [-0.2, -0.15) is 4.98 Å². The van der Waals surface area contributed by atoms with E-state index in [4.69, 9.17) is 29.5 Å². The van der Waals surface area contributed by atoms with Crippen LogP contribution < -0.4 is 16.9 Å². The lowest BCUT2D eigenvalue weighted by Gasteiger charge is -2.18. The molecule has 1 aromatic rings. The summed E-state index contributed by atoms with van der Waals surface area (Å²) in [5.41, 5.74) is 7.15. The third-order valence-electron chi connectivity index (χ3n) is 4.63. The third-order valence-corrected chi connectivity index (χ3v) is 4.63. The summed E-state index contributed by atoms with van der Waals surface area (Å²) in [6, 6.07) is 0.488. The van der Waals surface area contributed by atoms with Crippen molar-refractivity contribution in [3.05, 3.63) is 22.7 Å². The first-order valence-corrected chi connectivity index (χ1v) is 9.26. The molecule has 3 N–H and O–H groups in total. The van der Waals surface area contributed by atoms with Crippen LogP contribution in [0.15, 0.2) is 17.1 Å². The third kappa shape index (κ3) is 4.86. The Bertz CT molecular complexity index is 903. The summed E-state index contributed by atoms with van der Waals surface area (Å²) < 4.78 is 26.1. The lowest BCUT2D eigenvalue weighted by atomic mass is 10.1. The lowest BCUT2D eigenvalue weighted by Crippen LogP contribution is -2.38. The van der Waals surface area contributed by atoms with Crippen molar-refractivity contribution in [3.63, 3.8) is 0 Å². The molecule has 3 heterocycles. The van der Waals surface area contributed by atoms with Crippen molar-refractivity contribution in [2.45, 2.75) is 44.4 Å². The summed E-state index contributed by atoms with van der Waals surface area (Å²) in [6.45, 7) is 3.21. The lowest BCUT2D eigenvalue weighted by molar-refractivity contribution is -0.143. The van der Waals surface area contributed by atoms with Gasteiger partial charge in [0.05, 0.1) is 7.11 Å². The number of methoxy groups -OCH3 is 1. The number of hydrogen-bond donors (Lipinski definition) is 2.